The van der Waals surface area contributed by atoms with Gasteiger partial charge in [-0.25, -0.2) is 0 Å². The first-order chi connectivity index (χ1) is 13.1. The Balaban J connectivity index is 1.49. The largest absolute Gasteiger partial charge is 0.381 e. The number of nitrogens with one attached hydrogen (secondary N) is 2. The van der Waals surface area contributed by atoms with E-state index in [2.05, 4.69) is 24.5 Å². The van der Waals surface area contributed by atoms with E-state index in [0.29, 0.717) is 24.7 Å². The van der Waals surface area contributed by atoms with Crippen LogP contribution in [-0.4, -0.2) is 61.8 Å². The fourth-order valence-corrected chi connectivity index (χ4v) is 4.50. The van der Waals surface area contributed by atoms with E-state index in [9.17, 15) is 9.59 Å². The molecule has 2 fully saturated rings. The molecule has 6 nitrogen and oxygen atoms in total. The molecule has 27 heavy (non-hydrogen) atoms. The third-order valence-corrected chi connectivity index (χ3v) is 6.52. The highest BCUT2D eigenvalue weighted by atomic mass is 32.2. The van der Waals surface area contributed by atoms with Crippen molar-refractivity contribution in [3.63, 3.8) is 0 Å². The molecule has 0 saturated carbocycles. The number of hydrogen-bond acceptors (Lipinski definition) is 5. The van der Waals surface area contributed by atoms with Crippen LogP contribution in [0.4, 0.5) is 0 Å². The number of carbonyl (C=O) groups excluding carboxylic acids is 2. The zero-order chi connectivity index (χ0) is 19.5. The van der Waals surface area contributed by atoms with E-state index in [1.165, 1.54) is 0 Å². The molecule has 0 aromatic carbocycles. The summed E-state index contributed by atoms with van der Waals surface area (Å²) in [5, 5.41) is 6.18. The maximum atomic E-state index is 12.1. The van der Waals surface area contributed by atoms with Crippen LogP contribution in [0.3, 0.4) is 0 Å². The van der Waals surface area contributed by atoms with Crippen LogP contribution >= 0.6 is 11.8 Å². The highest BCUT2D eigenvalue weighted by molar-refractivity contribution is 7.99. The summed E-state index contributed by atoms with van der Waals surface area (Å²) in [5.74, 6) is 2.54. The highest BCUT2D eigenvalue weighted by Gasteiger charge is 2.23. The summed E-state index contributed by atoms with van der Waals surface area (Å²) in [7, 11) is 0. The molecule has 2 amide bonds. The minimum absolute atomic E-state index is 0.0935. The molecule has 4 unspecified atom stereocenters. The normalized spacial score (nSPS) is 25.4. The Kier molecular flexibility index (Phi) is 10.5. The Labute approximate surface area is 167 Å². The van der Waals surface area contributed by atoms with Crippen molar-refractivity contribution in [2.75, 3.05) is 37.9 Å². The van der Waals surface area contributed by atoms with Crippen LogP contribution in [0.15, 0.2) is 0 Å². The maximum absolute atomic E-state index is 12.1. The van der Waals surface area contributed by atoms with Gasteiger partial charge in [-0.2, -0.15) is 11.8 Å². The molecule has 0 bridgehead atoms. The minimum atomic E-state index is 0.0935. The average molecular weight is 401 g/mol. The fraction of sp³-hybridized carbons (Fsp3) is 0.900. The highest BCUT2D eigenvalue weighted by Crippen LogP contribution is 2.18. The molecule has 0 aromatic rings. The molecule has 0 radical (unpaired) electrons. The summed E-state index contributed by atoms with van der Waals surface area (Å²) < 4.78 is 11.0. The van der Waals surface area contributed by atoms with Gasteiger partial charge in [-0.05, 0) is 39.5 Å². The fourth-order valence-electron chi connectivity index (χ4n) is 3.64. The maximum Gasteiger partial charge on any atom is 0.221 e. The molecular weight excluding hydrogens is 364 g/mol. The summed E-state index contributed by atoms with van der Waals surface area (Å²) in [6, 6.07) is 0.331. The molecule has 2 saturated heterocycles. The SMILES string of the molecule is CC(NC(=O)CCSCCC(=O)NC(C)C1CCCOC1)C1CCCOC1. The van der Waals surface area contributed by atoms with Gasteiger partial charge in [-0.15, -0.1) is 0 Å². The molecule has 2 aliphatic rings. The van der Waals surface area contributed by atoms with Crippen molar-refractivity contribution in [3.8, 4) is 0 Å². The predicted molar refractivity (Wildman–Crippen MR) is 109 cm³/mol. The van der Waals surface area contributed by atoms with Gasteiger partial charge in [-0.1, -0.05) is 0 Å². The topological polar surface area (TPSA) is 76.7 Å². The van der Waals surface area contributed by atoms with Crippen LogP contribution in [0.25, 0.3) is 0 Å². The molecule has 2 N–H and O–H groups in total. The van der Waals surface area contributed by atoms with Crippen molar-refractivity contribution in [2.24, 2.45) is 11.8 Å². The third-order valence-electron chi connectivity index (χ3n) is 5.53. The molecule has 2 rings (SSSR count). The number of ether oxygens (including phenoxy) is 2. The smallest absolute Gasteiger partial charge is 0.221 e. The Morgan fingerprint density at radius 1 is 0.889 bits per heavy atom. The van der Waals surface area contributed by atoms with E-state index in [1.54, 1.807) is 11.8 Å². The first-order valence-corrected chi connectivity index (χ1v) is 11.5. The van der Waals surface area contributed by atoms with Gasteiger partial charge in [0, 0.05) is 61.5 Å². The predicted octanol–water partition coefficient (Wildman–Crippen LogP) is 2.36. The Morgan fingerprint density at radius 3 is 1.70 bits per heavy atom. The van der Waals surface area contributed by atoms with E-state index >= 15 is 0 Å². The van der Waals surface area contributed by atoms with Crippen LogP contribution in [0.5, 0.6) is 0 Å². The average Bonchev–Trinajstić information content (AvgIpc) is 2.69. The summed E-state index contributed by atoms with van der Waals surface area (Å²) in [4.78, 5) is 24.1. The quantitative estimate of drug-likeness (QED) is 0.551. The van der Waals surface area contributed by atoms with Gasteiger partial charge >= 0.3 is 0 Å². The van der Waals surface area contributed by atoms with Crippen molar-refractivity contribution in [1.82, 2.24) is 10.6 Å². The molecule has 2 heterocycles. The molecule has 156 valence electrons. The first-order valence-electron chi connectivity index (χ1n) is 10.4. The lowest BCUT2D eigenvalue weighted by Crippen LogP contribution is -2.41. The lowest BCUT2D eigenvalue weighted by Gasteiger charge is -2.28. The molecule has 0 aliphatic carbocycles. The molecule has 4 atom stereocenters. The Morgan fingerprint density at radius 2 is 1.33 bits per heavy atom. The second kappa shape index (κ2) is 12.6. The van der Waals surface area contributed by atoms with Gasteiger partial charge in [0.15, 0.2) is 0 Å². The Bertz CT molecular complexity index is 411. The summed E-state index contributed by atoms with van der Waals surface area (Å²) >= 11 is 1.66. The summed E-state index contributed by atoms with van der Waals surface area (Å²) in [6.45, 7) is 7.30. The van der Waals surface area contributed by atoms with E-state index in [0.717, 1.165) is 63.6 Å². The van der Waals surface area contributed by atoms with Crippen molar-refractivity contribution >= 4 is 23.6 Å². The van der Waals surface area contributed by atoms with Crippen molar-refractivity contribution in [1.29, 1.82) is 0 Å². The standard InChI is InChI=1S/C20H36N2O4S/c1-15(17-5-3-9-25-13-17)21-19(23)7-11-27-12-8-20(24)22-16(2)18-6-4-10-26-14-18/h15-18H,3-14H2,1-2H3,(H,21,23)(H,22,24). The van der Waals surface area contributed by atoms with Gasteiger partial charge in [0.1, 0.15) is 0 Å². The number of hydrogen-bond donors (Lipinski definition) is 2. The zero-order valence-corrected chi connectivity index (χ0v) is 17.7. The first kappa shape index (κ1) is 22.5. The van der Waals surface area contributed by atoms with Crippen molar-refractivity contribution in [2.45, 2.75) is 64.5 Å². The van der Waals surface area contributed by atoms with Gasteiger partial charge in [-0.3, -0.25) is 9.59 Å². The Hall–Kier alpha value is -0.790. The molecule has 0 aromatic heterocycles. The van der Waals surface area contributed by atoms with Crippen LogP contribution in [0.2, 0.25) is 0 Å². The van der Waals surface area contributed by atoms with E-state index in [1.807, 2.05) is 0 Å². The summed E-state index contributed by atoms with van der Waals surface area (Å²) in [6.07, 6.45) is 5.40. The van der Waals surface area contributed by atoms with Gasteiger partial charge in [0.25, 0.3) is 0 Å². The van der Waals surface area contributed by atoms with Crippen molar-refractivity contribution in [3.05, 3.63) is 0 Å². The lowest BCUT2D eigenvalue weighted by atomic mass is 9.95. The lowest BCUT2D eigenvalue weighted by molar-refractivity contribution is -0.122. The van der Waals surface area contributed by atoms with Crippen LogP contribution < -0.4 is 10.6 Å². The number of amides is 2. The molecule has 0 spiro atoms. The number of rotatable bonds is 10. The molecular formula is C20H36N2O4S. The summed E-state index contributed by atoms with van der Waals surface area (Å²) in [5.41, 5.74) is 0. The second-order valence-corrected chi connectivity index (χ2v) is 9.00. The van der Waals surface area contributed by atoms with Crippen molar-refractivity contribution < 1.29 is 19.1 Å². The van der Waals surface area contributed by atoms with Gasteiger partial charge < -0.3 is 20.1 Å². The van der Waals surface area contributed by atoms with Crippen LogP contribution in [-0.2, 0) is 19.1 Å². The zero-order valence-electron chi connectivity index (χ0n) is 16.8. The van der Waals surface area contributed by atoms with E-state index in [-0.39, 0.29) is 23.9 Å². The molecule has 7 heteroatoms. The second-order valence-electron chi connectivity index (χ2n) is 7.78. The number of thioether (sulfide) groups is 1. The molecule has 2 aliphatic heterocycles. The van der Waals surface area contributed by atoms with Gasteiger partial charge in [0.2, 0.25) is 11.8 Å². The van der Waals surface area contributed by atoms with Gasteiger partial charge in [0.05, 0.1) is 13.2 Å². The minimum Gasteiger partial charge on any atom is -0.381 e. The van der Waals surface area contributed by atoms with Crippen LogP contribution in [0, 0.1) is 11.8 Å². The number of carbonyl (C=O) groups is 2. The monoisotopic (exact) mass is 400 g/mol. The third kappa shape index (κ3) is 8.83. The van der Waals surface area contributed by atoms with E-state index < -0.39 is 0 Å². The van der Waals surface area contributed by atoms with E-state index in [4.69, 9.17) is 9.47 Å². The van der Waals surface area contributed by atoms with Crippen LogP contribution in [0.1, 0.15) is 52.4 Å².